The van der Waals surface area contributed by atoms with Crippen molar-refractivity contribution in [2.24, 2.45) is 0 Å². The molecule has 0 spiro atoms. The number of morpholine rings is 1. The van der Waals surface area contributed by atoms with E-state index in [2.05, 4.69) is 19.9 Å². The molecule has 6 rings (SSSR count). The Morgan fingerprint density at radius 2 is 1.73 bits per heavy atom. The highest BCUT2D eigenvalue weighted by molar-refractivity contribution is 6.04. The number of aliphatic hydroxyl groups is 1. The van der Waals surface area contributed by atoms with Gasteiger partial charge in [-0.15, -0.1) is 0 Å². The van der Waals surface area contributed by atoms with E-state index < -0.39 is 5.60 Å². The molecule has 3 aromatic rings. The first-order valence-electron chi connectivity index (χ1n) is 13.7. The minimum Gasteiger partial charge on any atom is -0.381 e. The van der Waals surface area contributed by atoms with E-state index >= 15 is 0 Å². The van der Waals surface area contributed by atoms with Gasteiger partial charge < -0.3 is 24.5 Å². The highest BCUT2D eigenvalue weighted by Crippen LogP contribution is 2.38. The van der Waals surface area contributed by atoms with Crippen LogP contribution in [-0.2, 0) is 16.1 Å². The first-order chi connectivity index (χ1) is 19.2. The highest BCUT2D eigenvalue weighted by Gasteiger charge is 2.39. The van der Waals surface area contributed by atoms with Crippen molar-refractivity contribution in [1.29, 1.82) is 0 Å². The molecule has 0 aliphatic carbocycles. The summed E-state index contributed by atoms with van der Waals surface area (Å²) < 4.78 is 5.42. The number of likely N-dealkylation sites (tertiary alicyclic amines) is 1. The number of amides is 3. The predicted molar refractivity (Wildman–Crippen MR) is 149 cm³/mol. The second kappa shape index (κ2) is 10.3. The molecule has 40 heavy (non-hydrogen) atoms. The maximum absolute atomic E-state index is 13.6. The SMILES string of the molecule is CN1Cc2cnc3ccc(-c4cnc(N5CCOCC5)nc4)nc3c2N(C2CCN(C(=O)C(C)(C)O)CC2)C1=O. The summed E-state index contributed by atoms with van der Waals surface area (Å²) in [7, 11) is 1.78. The Bertz CT molecular complexity index is 1430. The molecule has 12 nitrogen and oxygen atoms in total. The van der Waals surface area contributed by atoms with Gasteiger partial charge in [0.1, 0.15) is 11.1 Å². The number of pyridine rings is 2. The molecule has 0 atom stereocenters. The minimum absolute atomic E-state index is 0.0994. The largest absolute Gasteiger partial charge is 0.381 e. The Labute approximate surface area is 232 Å². The van der Waals surface area contributed by atoms with Crippen LogP contribution in [0.4, 0.5) is 16.4 Å². The summed E-state index contributed by atoms with van der Waals surface area (Å²) in [6.07, 6.45) is 6.58. The van der Waals surface area contributed by atoms with Gasteiger partial charge in [0.15, 0.2) is 0 Å². The lowest BCUT2D eigenvalue weighted by molar-refractivity contribution is -0.148. The van der Waals surface area contributed by atoms with Gasteiger partial charge in [0.25, 0.3) is 5.91 Å². The van der Waals surface area contributed by atoms with E-state index in [-0.39, 0.29) is 18.0 Å². The zero-order chi connectivity index (χ0) is 28.0. The standard InChI is InChI=1S/C28H34N8O4/c1-28(2,39)25(37)34-8-6-20(7-9-34)36-24-19(17-33(3)27(36)38)16-29-22-5-4-21(32-23(22)24)18-14-30-26(31-15-18)35-10-12-40-13-11-35/h4-5,14-16,20,39H,6-13,17H2,1-3H3. The van der Waals surface area contributed by atoms with Crippen LogP contribution < -0.4 is 9.80 Å². The summed E-state index contributed by atoms with van der Waals surface area (Å²) in [6, 6.07) is 3.60. The van der Waals surface area contributed by atoms with Crippen molar-refractivity contribution in [3.05, 3.63) is 36.3 Å². The Kier molecular flexibility index (Phi) is 6.75. The molecule has 6 heterocycles. The van der Waals surface area contributed by atoms with Gasteiger partial charge in [-0.25, -0.2) is 19.7 Å². The normalized spacial score (nSPS) is 18.9. The van der Waals surface area contributed by atoms with Crippen LogP contribution >= 0.6 is 0 Å². The summed E-state index contributed by atoms with van der Waals surface area (Å²) in [5.74, 6) is 0.373. The van der Waals surface area contributed by atoms with Gasteiger partial charge in [-0.1, -0.05) is 0 Å². The Morgan fingerprint density at radius 1 is 1.02 bits per heavy atom. The third-order valence-electron chi connectivity index (χ3n) is 7.81. The smallest absolute Gasteiger partial charge is 0.324 e. The fraction of sp³-hybridized carbons (Fsp3) is 0.500. The molecule has 0 aromatic carbocycles. The first-order valence-corrected chi connectivity index (χ1v) is 13.7. The quantitative estimate of drug-likeness (QED) is 0.523. The Morgan fingerprint density at radius 3 is 2.40 bits per heavy atom. The van der Waals surface area contributed by atoms with Gasteiger partial charge in [-0.3, -0.25) is 14.7 Å². The number of hydrogen-bond acceptors (Lipinski definition) is 9. The number of anilines is 2. The van der Waals surface area contributed by atoms with Crippen LogP contribution in [0.3, 0.4) is 0 Å². The zero-order valence-corrected chi connectivity index (χ0v) is 23.1. The van der Waals surface area contributed by atoms with Crippen LogP contribution in [0.1, 0.15) is 32.3 Å². The summed E-state index contributed by atoms with van der Waals surface area (Å²) in [5.41, 5.74) is 3.11. The summed E-state index contributed by atoms with van der Waals surface area (Å²) in [4.78, 5) is 52.3. The van der Waals surface area contributed by atoms with Crippen LogP contribution in [0.25, 0.3) is 22.3 Å². The molecule has 3 aromatic heterocycles. The number of fused-ring (bicyclic) bond motifs is 3. The van der Waals surface area contributed by atoms with E-state index in [1.54, 1.807) is 29.2 Å². The lowest BCUT2D eigenvalue weighted by Crippen LogP contribution is -2.56. The number of carbonyl (C=O) groups excluding carboxylic acids is 2. The highest BCUT2D eigenvalue weighted by atomic mass is 16.5. The molecule has 3 aliphatic rings. The van der Waals surface area contributed by atoms with Crippen molar-refractivity contribution in [3.8, 4) is 11.3 Å². The van der Waals surface area contributed by atoms with Crippen LogP contribution in [-0.4, -0.2) is 105 Å². The average Bonchev–Trinajstić information content (AvgIpc) is 2.97. The van der Waals surface area contributed by atoms with Crippen LogP contribution in [0.5, 0.6) is 0 Å². The Balaban J connectivity index is 1.33. The third kappa shape index (κ3) is 4.81. The summed E-state index contributed by atoms with van der Waals surface area (Å²) in [6.45, 7) is 7.21. The number of nitrogens with zero attached hydrogens (tertiary/aromatic N) is 8. The predicted octanol–water partition coefficient (Wildman–Crippen LogP) is 2.06. The molecule has 2 saturated heterocycles. The first kappa shape index (κ1) is 26.3. The molecule has 0 bridgehead atoms. The fourth-order valence-corrected chi connectivity index (χ4v) is 5.67. The summed E-state index contributed by atoms with van der Waals surface area (Å²) >= 11 is 0. The van der Waals surface area contributed by atoms with E-state index in [1.807, 2.05) is 23.2 Å². The van der Waals surface area contributed by atoms with Crippen molar-refractivity contribution in [2.75, 3.05) is 56.2 Å². The second-order valence-corrected chi connectivity index (χ2v) is 11.2. The number of ether oxygens (including phenoxy) is 1. The molecule has 3 amide bonds. The molecular weight excluding hydrogens is 512 g/mol. The van der Waals surface area contributed by atoms with Gasteiger partial charge in [-0.05, 0) is 38.8 Å². The molecule has 1 N–H and O–H groups in total. The van der Waals surface area contributed by atoms with Crippen molar-refractivity contribution in [2.45, 2.75) is 44.9 Å². The lowest BCUT2D eigenvalue weighted by atomic mass is 9.98. The van der Waals surface area contributed by atoms with E-state index in [9.17, 15) is 14.7 Å². The molecule has 0 unspecified atom stereocenters. The number of carbonyl (C=O) groups is 2. The van der Waals surface area contributed by atoms with Gasteiger partial charge in [0.05, 0.1) is 36.7 Å². The molecule has 0 saturated carbocycles. The molecule has 210 valence electrons. The minimum atomic E-state index is -1.42. The molecular formula is C28H34N8O4. The number of hydrogen-bond donors (Lipinski definition) is 1. The topological polar surface area (TPSA) is 128 Å². The van der Waals surface area contributed by atoms with E-state index in [4.69, 9.17) is 9.72 Å². The molecule has 12 heteroatoms. The van der Waals surface area contributed by atoms with Crippen molar-refractivity contribution >= 4 is 34.6 Å². The van der Waals surface area contributed by atoms with Gasteiger partial charge in [0.2, 0.25) is 5.95 Å². The van der Waals surface area contributed by atoms with Gasteiger partial charge >= 0.3 is 6.03 Å². The summed E-state index contributed by atoms with van der Waals surface area (Å²) in [5, 5.41) is 10.2. The van der Waals surface area contributed by atoms with Crippen LogP contribution in [0.2, 0.25) is 0 Å². The lowest BCUT2D eigenvalue weighted by Gasteiger charge is -2.43. The number of aromatic nitrogens is 4. The van der Waals surface area contributed by atoms with Crippen LogP contribution in [0.15, 0.2) is 30.7 Å². The molecule has 0 radical (unpaired) electrons. The van der Waals surface area contributed by atoms with E-state index in [0.29, 0.717) is 68.4 Å². The number of rotatable bonds is 4. The molecule has 2 fully saturated rings. The molecule has 3 aliphatic heterocycles. The van der Waals surface area contributed by atoms with Gasteiger partial charge in [-0.2, -0.15) is 0 Å². The maximum Gasteiger partial charge on any atom is 0.324 e. The van der Waals surface area contributed by atoms with Crippen molar-refractivity contribution in [3.63, 3.8) is 0 Å². The number of urea groups is 1. The fourth-order valence-electron chi connectivity index (χ4n) is 5.67. The monoisotopic (exact) mass is 546 g/mol. The van der Waals surface area contributed by atoms with E-state index in [1.165, 1.54) is 13.8 Å². The Hall–Kier alpha value is -3.90. The maximum atomic E-state index is 13.6. The van der Waals surface area contributed by atoms with Crippen molar-refractivity contribution < 1.29 is 19.4 Å². The third-order valence-corrected chi connectivity index (χ3v) is 7.81. The van der Waals surface area contributed by atoms with E-state index in [0.717, 1.165) is 29.9 Å². The van der Waals surface area contributed by atoms with Gasteiger partial charge in [0, 0.05) is 69.0 Å². The zero-order valence-electron chi connectivity index (χ0n) is 23.1. The second-order valence-electron chi connectivity index (χ2n) is 11.2. The van der Waals surface area contributed by atoms with Crippen molar-refractivity contribution in [1.82, 2.24) is 29.7 Å². The average molecular weight is 547 g/mol. The number of piperidine rings is 1. The van der Waals surface area contributed by atoms with Crippen LogP contribution in [0, 0.1) is 0 Å².